The number of methoxy groups -OCH3 is 2. The minimum absolute atomic E-state index is 0.0687. The van der Waals surface area contributed by atoms with Gasteiger partial charge in [-0.15, -0.1) is 11.3 Å². The highest BCUT2D eigenvalue weighted by Crippen LogP contribution is 2.32. The average molecular weight is 386 g/mol. The van der Waals surface area contributed by atoms with Gasteiger partial charge in [0.2, 0.25) is 0 Å². The number of nitrogens with zero attached hydrogens (tertiary/aromatic N) is 2. The number of carbonyl (C=O) groups is 1. The van der Waals surface area contributed by atoms with Crippen LogP contribution in [0.2, 0.25) is 0 Å². The molecule has 0 atom stereocenters. The van der Waals surface area contributed by atoms with Crippen LogP contribution >= 0.6 is 11.3 Å². The van der Waals surface area contributed by atoms with Gasteiger partial charge in [0.25, 0.3) is 5.56 Å². The Balaban J connectivity index is 2.07. The Hall–Kier alpha value is -2.67. The van der Waals surface area contributed by atoms with Crippen LogP contribution < -0.4 is 10.3 Å². The van der Waals surface area contributed by atoms with Gasteiger partial charge in [0.15, 0.2) is 0 Å². The van der Waals surface area contributed by atoms with Gasteiger partial charge in [-0.2, -0.15) is 0 Å². The number of hydrogen-bond acceptors (Lipinski definition) is 6. The molecule has 6 nitrogen and oxygen atoms in total. The van der Waals surface area contributed by atoms with Crippen molar-refractivity contribution in [3.05, 3.63) is 45.8 Å². The van der Waals surface area contributed by atoms with Crippen molar-refractivity contribution in [1.82, 2.24) is 9.55 Å². The molecule has 0 spiro atoms. The van der Waals surface area contributed by atoms with E-state index in [-0.39, 0.29) is 17.9 Å². The summed E-state index contributed by atoms with van der Waals surface area (Å²) in [5, 5.41) is 2.58. The Kier molecular flexibility index (Phi) is 5.91. The van der Waals surface area contributed by atoms with Gasteiger partial charge in [-0.05, 0) is 24.1 Å². The first kappa shape index (κ1) is 19.1. The van der Waals surface area contributed by atoms with Crippen molar-refractivity contribution in [2.75, 3.05) is 14.2 Å². The first-order valence-electron chi connectivity index (χ1n) is 8.81. The maximum atomic E-state index is 13.2. The van der Waals surface area contributed by atoms with E-state index in [1.165, 1.54) is 18.4 Å². The largest absolute Gasteiger partial charge is 0.497 e. The fraction of sp³-hybridized carbons (Fsp3) is 0.350. The molecule has 7 heteroatoms. The van der Waals surface area contributed by atoms with Crippen LogP contribution in [0.15, 0.2) is 34.4 Å². The number of benzene rings is 1. The first-order valence-corrected chi connectivity index (χ1v) is 9.69. The zero-order chi connectivity index (χ0) is 19.4. The van der Waals surface area contributed by atoms with E-state index in [0.717, 1.165) is 27.5 Å². The number of hydrogen-bond donors (Lipinski definition) is 0. The summed E-state index contributed by atoms with van der Waals surface area (Å²) in [5.41, 5.74) is 1.71. The third-order valence-corrected chi connectivity index (χ3v) is 5.33. The normalized spacial score (nSPS) is 10.9. The number of aromatic nitrogens is 2. The van der Waals surface area contributed by atoms with Gasteiger partial charge in [-0.3, -0.25) is 14.2 Å². The molecule has 3 aromatic rings. The summed E-state index contributed by atoms with van der Waals surface area (Å²) in [4.78, 5) is 30.1. The van der Waals surface area contributed by atoms with E-state index in [4.69, 9.17) is 9.72 Å². The maximum absolute atomic E-state index is 13.2. The van der Waals surface area contributed by atoms with Crippen molar-refractivity contribution in [2.24, 2.45) is 0 Å². The van der Waals surface area contributed by atoms with Gasteiger partial charge < -0.3 is 9.47 Å². The zero-order valence-electron chi connectivity index (χ0n) is 15.7. The van der Waals surface area contributed by atoms with Gasteiger partial charge in [0.1, 0.15) is 16.4 Å². The molecule has 27 heavy (non-hydrogen) atoms. The predicted molar refractivity (Wildman–Crippen MR) is 106 cm³/mol. The highest BCUT2D eigenvalue weighted by Gasteiger charge is 2.17. The quantitative estimate of drug-likeness (QED) is 0.580. The first-order chi connectivity index (χ1) is 13.1. The van der Waals surface area contributed by atoms with Crippen LogP contribution in [0.25, 0.3) is 21.3 Å². The van der Waals surface area contributed by atoms with E-state index in [9.17, 15) is 9.59 Å². The van der Waals surface area contributed by atoms with E-state index in [1.807, 2.05) is 36.6 Å². The molecule has 0 saturated carbocycles. The molecule has 0 radical (unpaired) electrons. The van der Waals surface area contributed by atoms with Crippen molar-refractivity contribution in [3.63, 3.8) is 0 Å². The molecule has 0 bridgehead atoms. The van der Waals surface area contributed by atoms with Crippen molar-refractivity contribution >= 4 is 27.5 Å². The molecule has 3 rings (SSSR count). The van der Waals surface area contributed by atoms with Gasteiger partial charge >= 0.3 is 5.97 Å². The summed E-state index contributed by atoms with van der Waals surface area (Å²) in [5.74, 6) is 1.20. The molecule has 0 unspecified atom stereocenters. The van der Waals surface area contributed by atoms with Crippen LogP contribution in [0.5, 0.6) is 5.75 Å². The summed E-state index contributed by atoms with van der Waals surface area (Å²) < 4.78 is 11.7. The van der Waals surface area contributed by atoms with E-state index in [1.54, 1.807) is 11.7 Å². The minimum atomic E-state index is -0.275. The van der Waals surface area contributed by atoms with E-state index in [0.29, 0.717) is 24.8 Å². The van der Waals surface area contributed by atoms with Crippen LogP contribution in [-0.2, 0) is 22.5 Å². The van der Waals surface area contributed by atoms with Crippen molar-refractivity contribution in [1.29, 1.82) is 0 Å². The highest BCUT2D eigenvalue weighted by atomic mass is 32.1. The van der Waals surface area contributed by atoms with Crippen LogP contribution in [0.1, 0.15) is 25.6 Å². The highest BCUT2D eigenvalue weighted by molar-refractivity contribution is 7.17. The second-order valence-corrected chi connectivity index (χ2v) is 6.94. The summed E-state index contributed by atoms with van der Waals surface area (Å²) in [6.45, 7) is 2.41. The van der Waals surface area contributed by atoms with Gasteiger partial charge in [-0.25, -0.2) is 4.98 Å². The lowest BCUT2D eigenvalue weighted by Crippen LogP contribution is -2.25. The smallest absolute Gasteiger partial charge is 0.305 e. The molecule has 142 valence electrons. The van der Waals surface area contributed by atoms with Crippen molar-refractivity contribution < 1.29 is 14.3 Å². The lowest BCUT2D eigenvalue weighted by molar-refractivity contribution is -0.140. The fourth-order valence-corrected chi connectivity index (χ4v) is 4.01. The molecule has 0 N–H and O–H groups in total. The van der Waals surface area contributed by atoms with Gasteiger partial charge in [0, 0.05) is 30.3 Å². The Morgan fingerprint density at radius 2 is 2.11 bits per heavy atom. The van der Waals surface area contributed by atoms with Crippen molar-refractivity contribution in [3.8, 4) is 16.9 Å². The number of carbonyl (C=O) groups excluding carboxylic acids is 1. The Morgan fingerprint density at radius 1 is 1.30 bits per heavy atom. The average Bonchev–Trinajstić information content (AvgIpc) is 3.13. The van der Waals surface area contributed by atoms with Gasteiger partial charge in [-0.1, -0.05) is 19.1 Å². The number of esters is 1. The third-order valence-electron chi connectivity index (χ3n) is 4.46. The number of rotatable bonds is 7. The molecule has 0 saturated heterocycles. The molecule has 1 aromatic carbocycles. The summed E-state index contributed by atoms with van der Waals surface area (Å²) in [6, 6.07) is 7.64. The Bertz CT molecular complexity index is 1020. The van der Waals surface area contributed by atoms with Crippen LogP contribution in [-0.4, -0.2) is 29.7 Å². The monoisotopic (exact) mass is 386 g/mol. The SMILES string of the molecule is CCc1nc2scc(-c3cccc(OC)c3)c2c(=O)n1CCCC(=O)OC. The summed E-state index contributed by atoms with van der Waals surface area (Å²) >= 11 is 1.47. The molecule has 0 aliphatic rings. The van der Waals surface area contributed by atoms with Crippen LogP contribution in [0.3, 0.4) is 0 Å². The summed E-state index contributed by atoms with van der Waals surface area (Å²) in [7, 11) is 2.99. The molecular formula is C20H22N2O4S. The molecule has 2 aromatic heterocycles. The summed E-state index contributed by atoms with van der Waals surface area (Å²) in [6.07, 6.45) is 1.46. The predicted octanol–water partition coefficient (Wildman–Crippen LogP) is 3.65. The van der Waals surface area contributed by atoms with Crippen LogP contribution in [0.4, 0.5) is 0 Å². The molecule has 0 aliphatic carbocycles. The van der Waals surface area contributed by atoms with Crippen LogP contribution in [0, 0.1) is 0 Å². The lowest BCUT2D eigenvalue weighted by atomic mass is 10.1. The molecular weight excluding hydrogens is 364 g/mol. The second-order valence-electron chi connectivity index (χ2n) is 6.08. The second kappa shape index (κ2) is 8.35. The van der Waals surface area contributed by atoms with E-state index >= 15 is 0 Å². The molecule has 0 aliphatic heterocycles. The number of ether oxygens (including phenoxy) is 2. The maximum Gasteiger partial charge on any atom is 0.305 e. The third kappa shape index (κ3) is 3.88. The lowest BCUT2D eigenvalue weighted by Gasteiger charge is -2.11. The molecule has 0 amide bonds. The van der Waals surface area contributed by atoms with Gasteiger partial charge in [0.05, 0.1) is 19.6 Å². The molecule has 0 fully saturated rings. The van der Waals surface area contributed by atoms with Crippen molar-refractivity contribution in [2.45, 2.75) is 32.7 Å². The Morgan fingerprint density at radius 3 is 2.81 bits per heavy atom. The fourth-order valence-electron chi connectivity index (χ4n) is 3.05. The Labute approximate surface area is 161 Å². The topological polar surface area (TPSA) is 70.4 Å². The number of aryl methyl sites for hydroxylation is 1. The standard InChI is InChI=1S/C20H22N2O4S/c1-4-16-21-19-18(20(24)22(16)10-6-9-17(23)26-3)15(12-27-19)13-7-5-8-14(11-13)25-2/h5,7-8,11-12H,4,6,9-10H2,1-3H3. The minimum Gasteiger partial charge on any atom is -0.497 e. The molecule has 2 heterocycles. The van der Waals surface area contributed by atoms with E-state index in [2.05, 4.69) is 4.74 Å². The number of thiophene rings is 1. The number of fused-ring (bicyclic) bond motifs is 1. The zero-order valence-corrected chi connectivity index (χ0v) is 16.5. The van der Waals surface area contributed by atoms with E-state index < -0.39 is 0 Å².